The van der Waals surface area contributed by atoms with E-state index >= 15 is 0 Å². The van der Waals surface area contributed by atoms with Gasteiger partial charge < -0.3 is 10.6 Å². The fourth-order valence-corrected chi connectivity index (χ4v) is 2.35. The van der Waals surface area contributed by atoms with Crippen molar-refractivity contribution in [3.05, 3.63) is 58.1 Å². The van der Waals surface area contributed by atoms with Gasteiger partial charge >= 0.3 is 0 Å². The molecule has 0 aliphatic rings. The molecule has 0 heterocycles. The van der Waals surface area contributed by atoms with Crippen LogP contribution >= 0.6 is 15.9 Å². The average molecular weight is 344 g/mol. The summed E-state index contributed by atoms with van der Waals surface area (Å²) in [6.45, 7) is 2.15. The highest BCUT2D eigenvalue weighted by molar-refractivity contribution is 9.10. The van der Waals surface area contributed by atoms with Gasteiger partial charge in [-0.25, -0.2) is 0 Å². The number of benzene rings is 2. The molecule has 2 rings (SSSR count). The molecule has 0 atom stereocenters. The monoisotopic (exact) mass is 343 g/mol. The summed E-state index contributed by atoms with van der Waals surface area (Å²) in [4.78, 5) is 11.9. The minimum Gasteiger partial charge on any atom is -0.376 e. The van der Waals surface area contributed by atoms with Crippen molar-refractivity contribution in [3.8, 4) is 6.07 Å². The second-order valence-electron chi connectivity index (χ2n) is 4.57. The molecule has 0 aromatic heterocycles. The highest BCUT2D eigenvalue weighted by atomic mass is 79.9. The van der Waals surface area contributed by atoms with Crippen molar-refractivity contribution in [3.63, 3.8) is 0 Å². The molecule has 1 amide bonds. The lowest BCUT2D eigenvalue weighted by Gasteiger charge is -2.09. The highest BCUT2D eigenvalue weighted by Gasteiger charge is 2.05. The maximum atomic E-state index is 11.9. The van der Waals surface area contributed by atoms with E-state index in [9.17, 15) is 4.79 Å². The van der Waals surface area contributed by atoms with Crippen molar-refractivity contribution >= 4 is 33.2 Å². The summed E-state index contributed by atoms with van der Waals surface area (Å²) in [5, 5.41) is 14.6. The maximum Gasteiger partial charge on any atom is 0.243 e. The normalized spacial score (nSPS) is 9.76. The lowest BCUT2D eigenvalue weighted by molar-refractivity contribution is -0.114. The van der Waals surface area contributed by atoms with E-state index in [1.54, 1.807) is 24.3 Å². The summed E-state index contributed by atoms with van der Waals surface area (Å²) in [5.41, 5.74) is 3.25. The van der Waals surface area contributed by atoms with Crippen molar-refractivity contribution < 1.29 is 4.79 Å². The molecule has 21 heavy (non-hydrogen) atoms. The molecule has 0 aliphatic carbocycles. The Hall–Kier alpha value is -2.32. The zero-order valence-electron chi connectivity index (χ0n) is 11.5. The van der Waals surface area contributed by atoms with Crippen LogP contribution in [-0.2, 0) is 4.79 Å². The lowest BCUT2D eigenvalue weighted by Crippen LogP contribution is -2.21. The number of carbonyl (C=O) groups is 1. The maximum absolute atomic E-state index is 11.9. The number of hydrogen-bond acceptors (Lipinski definition) is 3. The predicted octanol–water partition coefficient (Wildman–Crippen LogP) is 3.68. The second kappa shape index (κ2) is 6.91. The van der Waals surface area contributed by atoms with E-state index in [-0.39, 0.29) is 12.5 Å². The fourth-order valence-electron chi connectivity index (χ4n) is 1.76. The zero-order chi connectivity index (χ0) is 15.2. The van der Waals surface area contributed by atoms with Crippen LogP contribution in [0.2, 0.25) is 0 Å². The number of nitrogens with zero attached hydrogens (tertiary/aromatic N) is 1. The van der Waals surface area contributed by atoms with Gasteiger partial charge in [0.2, 0.25) is 5.91 Å². The van der Waals surface area contributed by atoms with Gasteiger partial charge in [-0.3, -0.25) is 4.79 Å². The second-order valence-corrected chi connectivity index (χ2v) is 5.43. The summed E-state index contributed by atoms with van der Waals surface area (Å²) < 4.78 is 0.856. The molecule has 0 spiro atoms. The minimum atomic E-state index is -0.135. The van der Waals surface area contributed by atoms with Gasteiger partial charge in [-0.2, -0.15) is 5.26 Å². The van der Waals surface area contributed by atoms with Crippen molar-refractivity contribution in [2.75, 3.05) is 17.2 Å². The number of anilines is 2. The zero-order valence-corrected chi connectivity index (χ0v) is 13.1. The van der Waals surface area contributed by atoms with Crippen LogP contribution in [-0.4, -0.2) is 12.5 Å². The van der Waals surface area contributed by atoms with Gasteiger partial charge in [-0.05, 0) is 64.8 Å². The van der Waals surface area contributed by atoms with E-state index < -0.39 is 0 Å². The van der Waals surface area contributed by atoms with E-state index in [0.717, 1.165) is 21.4 Å². The summed E-state index contributed by atoms with van der Waals surface area (Å²) in [5.74, 6) is -0.135. The van der Waals surface area contributed by atoms with E-state index in [1.165, 1.54) is 0 Å². The van der Waals surface area contributed by atoms with E-state index in [2.05, 4.69) is 32.6 Å². The number of nitriles is 1. The van der Waals surface area contributed by atoms with Crippen molar-refractivity contribution in [2.24, 2.45) is 0 Å². The Morgan fingerprint density at radius 3 is 2.57 bits per heavy atom. The number of carbonyl (C=O) groups excluding carboxylic acids is 1. The van der Waals surface area contributed by atoms with Gasteiger partial charge in [0.1, 0.15) is 0 Å². The first-order chi connectivity index (χ1) is 10.1. The Kier molecular flexibility index (Phi) is 4.96. The Balaban J connectivity index is 1.91. The molecule has 4 nitrogen and oxygen atoms in total. The van der Waals surface area contributed by atoms with Gasteiger partial charge in [0.05, 0.1) is 23.9 Å². The Morgan fingerprint density at radius 1 is 1.24 bits per heavy atom. The van der Waals surface area contributed by atoms with Crippen molar-refractivity contribution in [2.45, 2.75) is 6.92 Å². The molecule has 2 aromatic carbocycles. The first-order valence-corrected chi connectivity index (χ1v) is 7.18. The first-order valence-electron chi connectivity index (χ1n) is 6.38. The molecular formula is C16H14BrN3O. The SMILES string of the molecule is Cc1ccc(NC(=O)CNc2ccc(C#N)cc2)c(Br)c1. The Labute approximate surface area is 131 Å². The van der Waals surface area contributed by atoms with Crippen LogP contribution in [0.15, 0.2) is 46.9 Å². The summed E-state index contributed by atoms with van der Waals surface area (Å²) in [7, 11) is 0. The van der Waals surface area contributed by atoms with Crippen LogP contribution in [0.3, 0.4) is 0 Å². The average Bonchev–Trinajstić information content (AvgIpc) is 2.48. The van der Waals surface area contributed by atoms with Crippen LogP contribution < -0.4 is 10.6 Å². The van der Waals surface area contributed by atoms with Crippen LogP contribution in [0.4, 0.5) is 11.4 Å². The van der Waals surface area contributed by atoms with Crippen molar-refractivity contribution in [1.29, 1.82) is 5.26 Å². The molecule has 0 fully saturated rings. The van der Waals surface area contributed by atoms with E-state index in [4.69, 9.17) is 5.26 Å². The van der Waals surface area contributed by atoms with Gasteiger partial charge in [-0.15, -0.1) is 0 Å². The van der Waals surface area contributed by atoms with Crippen molar-refractivity contribution in [1.82, 2.24) is 0 Å². The summed E-state index contributed by atoms with van der Waals surface area (Å²) in [6, 6.07) is 14.8. The molecule has 106 valence electrons. The van der Waals surface area contributed by atoms with Gasteiger partial charge in [-0.1, -0.05) is 6.07 Å². The summed E-state index contributed by atoms with van der Waals surface area (Å²) in [6.07, 6.45) is 0. The van der Waals surface area contributed by atoms with Gasteiger partial charge in [0.15, 0.2) is 0 Å². The quantitative estimate of drug-likeness (QED) is 0.889. The van der Waals surface area contributed by atoms with Gasteiger partial charge in [0.25, 0.3) is 0 Å². The third-order valence-electron chi connectivity index (χ3n) is 2.87. The third kappa shape index (κ3) is 4.33. The molecular weight excluding hydrogens is 330 g/mol. The topological polar surface area (TPSA) is 64.9 Å². The number of aryl methyl sites for hydroxylation is 1. The van der Waals surface area contributed by atoms with E-state index in [0.29, 0.717) is 5.56 Å². The number of nitrogens with one attached hydrogen (secondary N) is 2. The molecule has 0 saturated carbocycles. The molecule has 0 bridgehead atoms. The minimum absolute atomic E-state index is 0.135. The fraction of sp³-hybridized carbons (Fsp3) is 0.125. The molecule has 0 saturated heterocycles. The third-order valence-corrected chi connectivity index (χ3v) is 3.52. The van der Waals surface area contributed by atoms with Crippen LogP contribution in [0.1, 0.15) is 11.1 Å². The van der Waals surface area contributed by atoms with Crippen LogP contribution in [0, 0.1) is 18.3 Å². The molecule has 5 heteroatoms. The number of hydrogen-bond donors (Lipinski definition) is 2. The molecule has 0 aliphatic heterocycles. The summed E-state index contributed by atoms with van der Waals surface area (Å²) >= 11 is 3.42. The van der Waals surface area contributed by atoms with Gasteiger partial charge in [0, 0.05) is 10.2 Å². The predicted molar refractivity (Wildman–Crippen MR) is 87.2 cm³/mol. The van der Waals surface area contributed by atoms with Crippen LogP contribution in [0.25, 0.3) is 0 Å². The highest BCUT2D eigenvalue weighted by Crippen LogP contribution is 2.23. The Morgan fingerprint density at radius 2 is 1.95 bits per heavy atom. The molecule has 2 aromatic rings. The lowest BCUT2D eigenvalue weighted by atomic mass is 10.2. The largest absolute Gasteiger partial charge is 0.376 e. The number of amides is 1. The number of halogens is 1. The van der Waals surface area contributed by atoms with Crippen LogP contribution in [0.5, 0.6) is 0 Å². The standard InChI is InChI=1S/C16H14BrN3O/c1-11-2-7-15(14(17)8-11)20-16(21)10-19-13-5-3-12(9-18)4-6-13/h2-8,19H,10H2,1H3,(H,20,21). The van der Waals surface area contributed by atoms with E-state index in [1.807, 2.05) is 25.1 Å². The molecule has 0 radical (unpaired) electrons. The number of rotatable bonds is 4. The Bertz CT molecular complexity index is 690. The first kappa shape index (κ1) is 15.1. The smallest absolute Gasteiger partial charge is 0.243 e. The molecule has 2 N–H and O–H groups in total. The molecule has 0 unspecified atom stereocenters.